The zero-order chi connectivity index (χ0) is 21.5. The number of H-pyrrole nitrogens is 1. The summed E-state index contributed by atoms with van der Waals surface area (Å²) in [5.41, 5.74) is 2.68. The fraction of sp³-hybridized carbons (Fsp3) is 0.261. The smallest absolute Gasteiger partial charge is 0.328 e. The van der Waals surface area contributed by atoms with Crippen molar-refractivity contribution in [1.82, 2.24) is 15.6 Å². The van der Waals surface area contributed by atoms with Crippen molar-refractivity contribution >= 4 is 28.7 Å². The molecular weight excluding hydrogens is 382 g/mol. The Morgan fingerprint density at radius 1 is 1.00 bits per heavy atom. The molecule has 1 aromatic heterocycles. The lowest BCUT2D eigenvalue weighted by atomic mass is 10.0. The molecule has 7 heteroatoms. The summed E-state index contributed by atoms with van der Waals surface area (Å²) in [5, 5.41) is 6.54. The first kappa shape index (κ1) is 21.1. The van der Waals surface area contributed by atoms with Gasteiger partial charge in [-0.2, -0.15) is 0 Å². The van der Waals surface area contributed by atoms with Crippen LogP contribution in [0, 0.1) is 0 Å². The molecule has 3 rings (SSSR count). The average Bonchev–Trinajstić information content (AvgIpc) is 3.15. The van der Waals surface area contributed by atoms with Crippen LogP contribution in [0.15, 0.2) is 60.8 Å². The third-order valence-electron chi connectivity index (χ3n) is 4.89. The van der Waals surface area contributed by atoms with Gasteiger partial charge < -0.3 is 20.4 Å². The number of carbonyl (C=O) groups excluding carboxylic acids is 3. The number of nitrogens with one attached hydrogen (secondary N) is 3. The van der Waals surface area contributed by atoms with Gasteiger partial charge in [0.1, 0.15) is 6.04 Å². The lowest BCUT2D eigenvalue weighted by molar-refractivity contribution is -0.145. The Morgan fingerprint density at radius 3 is 2.40 bits per heavy atom. The van der Waals surface area contributed by atoms with Gasteiger partial charge in [0, 0.05) is 30.4 Å². The van der Waals surface area contributed by atoms with Gasteiger partial charge in [-0.15, -0.1) is 0 Å². The average molecular weight is 407 g/mol. The molecule has 0 bridgehead atoms. The number of benzene rings is 2. The number of aromatic amines is 1. The Bertz CT molecular complexity index is 1030. The van der Waals surface area contributed by atoms with Gasteiger partial charge in [-0.05, 0) is 17.2 Å². The molecule has 0 aliphatic heterocycles. The number of ether oxygens (including phenoxy) is 1. The zero-order valence-corrected chi connectivity index (χ0v) is 17.0. The number of esters is 1. The van der Waals surface area contributed by atoms with Crippen molar-refractivity contribution in [1.29, 1.82) is 0 Å². The van der Waals surface area contributed by atoms with Gasteiger partial charge in [0.15, 0.2) is 0 Å². The molecule has 0 fully saturated rings. The van der Waals surface area contributed by atoms with Gasteiger partial charge in [0.25, 0.3) is 0 Å². The summed E-state index contributed by atoms with van der Waals surface area (Å²) in [5.74, 6) is -1.11. The lowest BCUT2D eigenvalue weighted by Gasteiger charge is -2.21. The number of methoxy groups -OCH3 is 1. The van der Waals surface area contributed by atoms with Crippen molar-refractivity contribution < 1.29 is 19.1 Å². The van der Waals surface area contributed by atoms with Crippen molar-refractivity contribution in [3.63, 3.8) is 0 Å². The second-order valence-electron chi connectivity index (χ2n) is 7.07. The minimum atomic E-state index is -0.838. The van der Waals surface area contributed by atoms with E-state index in [-0.39, 0.29) is 18.2 Å². The molecule has 3 aromatic rings. The lowest BCUT2D eigenvalue weighted by Crippen LogP contribution is -2.44. The first-order chi connectivity index (χ1) is 14.5. The summed E-state index contributed by atoms with van der Waals surface area (Å²) < 4.78 is 4.89. The van der Waals surface area contributed by atoms with Crippen molar-refractivity contribution in [3.05, 3.63) is 71.9 Å². The predicted molar refractivity (Wildman–Crippen MR) is 114 cm³/mol. The van der Waals surface area contributed by atoms with E-state index >= 15 is 0 Å². The number of hydrogen-bond donors (Lipinski definition) is 3. The number of rotatable bonds is 8. The number of hydrogen-bond acceptors (Lipinski definition) is 4. The molecule has 2 amide bonds. The quantitative estimate of drug-likeness (QED) is 0.500. The molecule has 0 saturated heterocycles. The van der Waals surface area contributed by atoms with E-state index in [1.807, 2.05) is 60.8 Å². The Kier molecular flexibility index (Phi) is 6.85. The van der Waals surface area contributed by atoms with Crippen LogP contribution < -0.4 is 10.6 Å². The highest BCUT2D eigenvalue weighted by atomic mass is 16.5. The van der Waals surface area contributed by atoms with Gasteiger partial charge in [-0.25, -0.2) is 4.79 Å². The van der Waals surface area contributed by atoms with Gasteiger partial charge in [0.05, 0.1) is 19.6 Å². The van der Waals surface area contributed by atoms with Crippen LogP contribution in [-0.4, -0.2) is 35.9 Å². The largest absolute Gasteiger partial charge is 0.467 e. The van der Waals surface area contributed by atoms with Crippen LogP contribution in [0.1, 0.15) is 30.5 Å². The standard InChI is InChI=1S/C23H25N3O4/c1-15(27)25-20(16-8-4-3-5-9-16)13-22(28)26-21(23(29)30-2)12-17-14-24-19-11-7-6-10-18(17)19/h3-11,14,20-21,24H,12-13H2,1-2H3,(H,25,27)(H,26,28)/t20-,21+/m0/s1. The summed E-state index contributed by atoms with van der Waals surface area (Å²) in [6.45, 7) is 1.40. The molecule has 2 aromatic carbocycles. The molecule has 0 aliphatic carbocycles. The van der Waals surface area contributed by atoms with Gasteiger partial charge in [0.2, 0.25) is 11.8 Å². The van der Waals surface area contributed by atoms with Crippen molar-refractivity contribution in [2.45, 2.75) is 31.8 Å². The molecule has 7 nitrogen and oxygen atoms in total. The second-order valence-corrected chi connectivity index (χ2v) is 7.07. The molecule has 1 heterocycles. The highest BCUT2D eigenvalue weighted by Gasteiger charge is 2.25. The molecule has 3 N–H and O–H groups in total. The molecule has 30 heavy (non-hydrogen) atoms. The summed E-state index contributed by atoms with van der Waals surface area (Å²) in [6.07, 6.45) is 2.13. The van der Waals surface area contributed by atoms with Gasteiger partial charge >= 0.3 is 5.97 Å². The third kappa shape index (κ3) is 5.26. The fourth-order valence-corrected chi connectivity index (χ4v) is 3.48. The van der Waals surface area contributed by atoms with E-state index in [1.54, 1.807) is 0 Å². The fourth-order valence-electron chi connectivity index (χ4n) is 3.48. The van der Waals surface area contributed by atoms with E-state index in [2.05, 4.69) is 15.6 Å². The summed E-state index contributed by atoms with van der Waals surface area (Å²) in [7, 11) is 1.29. The number of fused-ring (bicyclic) bond motifs is 1. The highest BCUT2D eigenvalue weighted by molar-refractivity contribution is 5.87. The van der Waals surface area contributed by atoms with Crippen LogP contribution in [0.4, 0.5) is 0 Å². The van der Waals surface area contributed by atoms with E-state index in [0.717, 1.165) is 22.0 Å². The predicted octanol–water partition coefficient (Wildman–Crippen LogP) is 2.64. The van der Waals surface area contributed by atoms with Gasteiger partial charge in [-0.1, -0.05) is 48.5 Å². The minimum Gasteiger partial charge on any atom is -0.467 e. The van der Waals surface area contributed by atoms with Gasteiger partial charge in [-0.3, -0.25) is 9.59 Å². The molecule has 0 radical (unpaired) electrons. The van der Waals surface area contributed by atoms with Crippen LogP contribution in [0.2, 0.25) is 0 Å². The zero-order valence-electron chi connectivity index (χ0n) is 17.0. The topological polar surface area (TPSA) is 100 Å². The SMILES string of the molecule is COC(=O)[C@@H](Cc1c[nH]c2ccccc12)NC(=O)C[C@H](NC(C)=O)c1ccccc1. The molecule has 0 spiro atoms. The molecule has 0 saturated carbocycles. The maximum Gasteiger partial charge on any atom is 0.328 e. The Morgan fingerprint density at radius 2 is 1.70 bits per heavy atom. The van der Waals surface area contributed by atoms with Crippen molar-refractivity contribution in [2.75, 3.05) is 7.11 Å². The maximum atomic E-state index is 12.8. The summed E-state index contributed by atoms with van der Waals surface area (Å²) >= 11 is 0. The molecule has 2 atom stereocenters. The third-order valence-corrected chi connectivity index (χ3v) is 4.89. The Balaban J connectivity index is 1.74. The van der Waals surface area contributed by atoms with E-state index in [1.165, 1.54) is 14.0 Å². The number of carbonyl (C=O) groups is 3. The minimum absolute atomic E-state index is 0.00493. The molecule has 0 aliphatic rings. The van der Waals surface area contributed by atoms with Crippen LogP contribution in [-0.2, 0) is 25.5 Å². The first-order valence-corrected chi connectivity index (χ1v) is 9.72. The normalized spacial score (nSPS) is 12.7. The monoisotopic (exact) mass is 407 g/mol. The van der Waals surface area contributed by atoms with Crippen LogP contribution in [0.3, 0.4) is 0 Å². The van der Waals surface area contributed by atoms with E-state index in [9.17, 15) is 14.4 Å². The van der Waals surface area contributed by atoms with Crippen molar-refractivity contribution in [3.8, 4) is 0 Å². The van der Waals surface area contributed by atoms with Crippen LogP contribution in [0.5, 0.6) is 0 Å². The molecule has 0 unspecified atom stereocenters. The van der Waals surface area contributed by atoms with Crippen molar-refractivity contribution in [2.24, 2.45) is 0 Å². The molecular formula is C23H25N3O4. The van der Waals surface area contributed by atoms with E-state index in [4.69, 9.17) is 4.74 Å². The Labute approximate surface area is 174 Å². The summed E-state index contributed by atoms with van der Waals surface area (Å²) in [4.78, 5) is 39.8. The second kappa shape index (κ2) is 9.73. The van der Waals surface area contributed by atoms with E-state index in [0.29, 0.717) is 6.42 Å². The van der Waals surface area contributed by atoms with E-state index < -0.39 is 18.1 Å². The maximum absolute atomic E-state index is 12.8. The van der Waals surface area contributed by atoms with Crippen LogP contribution >= 0.6 is 0 Å². The number of amides is 2. The number of aromatic nitrogens is 1. The number of para-hydroxylation sites is 1. The first-order valence-electron chi connectivity index (χ1n) is 9.72. The Hall–Kier alpha value is -3.61. The van der Waals surface area contributed by atoms with Crippen LogP contribution in [0.25, 0.3) is 10.9 Å². The molecule has 156 valence electrons. The highest BCUT2D eigenvalue weighted by Crippen LogP contribution is 2.20. The summed E-state index contributed by atoms with van der Waals surface area (Å²) in [6, 6.07) is 15.7.